The van der Waals surface area contributed by atoms with E-state index in [0.717, 1.165) is 12.1 Å². The van der Waals surface area contributed by atoms with Crippen LogP contribution in [0.1, 0.15) is 35.9 Å². The fourth-order valence-corrected chi connectivity index (χ4v) is 2.43. The summed E-state index contributed by atoms with van der Waals surface area (Å²) in [4.78, 5) is 25.1. The van der Waals surface area contributed by atoms with E-state index in [-0.39, 0.29) is 5.91 Å². The number of aliphatic carboxylic acids is 1. The van der Waals surface area contributed by atoms with E-state index in [4.69, 9.17) is 0 Å². The Kier molecular flexibility index (Phi) is 3.59. The van der Waals surface area contributed by atoms with Gasteiger partial charge in [0, 0.05) is 19.3 Å². The van der Waals surface area contributed by atoms with Crippen LogP contribution in [0, 0.1) is 12.8 Å². The molecule has 2 unspecified atom stereocenters. The molecule has 0 bridgehead atoms. The van der Waals surface area contributed by atoms with E-state index >= 15 is 0 Å². The second-order valence-electron chi connectivity index (χ2n) is 5.28. The van der Waals surface area contributed by atoms with Crippen LogP contribution in [0.5, 0.6) is 0 Å². The largest absolute Gasteiger partial charge is 0.480 e. The fourth-order valence-electron chi connectivity index (χ4n) is 2.43. The first-order chi connectivity index (χ1) is 8.90. The van der Waals surface area contributed by atoms with Gasteiger partial charge < -0.3 is 10.0 Å². The number of carbonyl (C=O) groups is 2. The second kappa shape index (κ2) is 5.03. The van der Waals surface area contributed by atoms with Crippen molar-refractivity contribution in [2.45, 2.75) is 32.7 Å². The average molecular weight is 265 g/mol. The summed E-state index contributed by atoms with van der Waals surface area (Å²) in [6.45, 7) is 4.35. The molecule has 2 heterocycles. The predicted octanol–water partition coefficient (Wildman–Crippen LogP) is 1.05. The van der Waals surface area contributed by atoms with Gasteiger partial charge in [0.15, 0.2) is 5.69 Å². The second-order valence-corrected chi connectivity index (χ2v) is 5.28. The number of carboxylic acids is 1. The van der Waals surface area contributed by atoms with Crippen LogP contribution in [0.2, 0.25) is 0 Å². The Bertz CT molecular complexity index is 490. The van der Waals surface area contributed by atoms with E-state index in [0.29, 0.717) is 24.6 Å². The molecule has 19 heavy (non-hydrogen) atoms. The molecule has 1 aliphatic rings. The van der Waals surface area contributed by atoms with E-state index in [1.165, 1.54) is 4.90 Å². The van der Waals surface area contributed by atoms with Crippen LogP contribution in [-0.2, 0) is 11.8 Å². The third-order valence-electron chi connectivity index (χ3n) is 3.74. The maximum absolute atomic E-state index is 12.4. The Labute approximate surface area is 112 Å². The smallest absolute Gasteiger partial charge is 0.326 e. The van der Waals surface area contributed by atoms with Crippen LogP contribution in [0.25, 0.3) is 0 Å². The molecule has 1 fully saturated rings. The predicted molar refractivity (Wildman–Crippen MR) is 68.8 cm³/mol. The zero-order valence-electron chi connectivity index (χ0n) is 11.5. The SMILES string of the molecule is Cc1cc(C(=O)N2CCC(C)CC2C(=O)O)nn1C. The Morgan fingerprint density at radius 3 is 2.68 bits per heavy atom. The molecule has 2 rings (SSSR count). The zero-order valence-corrected chi connectivity index (χ0v) is 11.5. The summed E-state index contributed by atoms with van der Waals surface area (Å²) in [5.74, 6) is -0.897. The highest BCUT2D eigenvalue weighted by atomic mass is 16.4. The minimum Gasteiger partial charge on any atom is -0.480 e. The quantitative estimate of drug-likeness (QED) is 0.867. The molecule has 104 valence electrons. The summed E-state index contributed by atoms with van der Waals surface area (Å²) < 4.78 is 1.62. The molecule has 0 spiro atoms. The molecule has 0 radical (unpaired) electrons. The number of aryl methyl sites for hydroxylation is 2. The van der Waals surface area contributed by atoms with Gasteiger partial charge in [0.05, 0.1) is 0 Å². The Hall–Kier alpha value is -1.85. The van der Waals surface area contributed by atoms with Crippen molar-refractivity contribution in [1.29, 1.82) is 0 Å². The van der Waals surface area contributed by atoms with Crippen LogP contribution in [0.15, 0.2) is 6.07 Å². The first-order valence-corrected chi connectivity index (χ1v) is 6.44. The van der Waals surface area contributed by atoms with E-state index < -0.39 is 12.0 Å². The Balaban J connectivity index is 2.23. The summed E-state index contributed by atoms with van der Waals surface area (Å²) in [5, 5.41) is 13.4. The molecule has 1 aliphatic heterocycles. The molecule has 1 N–H and O–H groups in total. The van der Waals surface area contributed by atoms with Gasteiger partial charge in [-0.3, -0.25) is 9.48 Å². The van der Waals surface area contributed by atoms with Crippen molar-refractivity contribution in [2.75, 3.05) is 6.54 Å². The van der Waals surface area contributed by atoms with E-state index in [9.17, 15) is 14.7 Å². The fraction of sp³-hybridized carbons (Fsp3) is 0.615. The van der Waals surface area contributed by atoms with Crippen LogP contribution in [0.3, 0.4) is 0 Å². The normalized spacial score (nSPS) is 23.4. The molecule has 2 atom stereocenters. The van der Waals surface area contributed by atoms with Crippen molar-refractivity contribution >= 4 is 11.9 Å². The molecule has 6 nitrogen and oxygen atoms in total. The van der Waals surface area contributed by atoms with Gasteiger partial charge in [-0.1, -0.05) is 6.92 Å². The third-order valence-corrected chi connectivity index (χ3v) is 3.74. The topological polar surface area (TPSA) is 75.4 Å². The van der Waals surface area contributed by atoms with Gasteiger partial charge >= 0.3 is 5.97 Å². The molecule has 1 saturated heterocycles. The van der Waals surface area contributed by atoms with Gasteiger partial charge in [-0.25, -0.2) is 4.79 Å². The monoisotopic (exact) mass is 265 g/mol. The minimum atomic E-state index is -0.937. The molecule has 0 aliphatic carbocycles. The first-order valence-electron chi connectivity index (χ1n) is 6.44. The lowest BCUT2D eigenvalue weighted by atomic mass is 9.92. The molecule has 1 aromatic heterocycles. The average Bonchev–Trinajstić information content (AvgIpc) is 2.68. The molecular formula is C13H19N3O3. The van der Waals surface area contributed by atoms with Crippen LogP contribution < -0.4 is 0 Å². The molecule has 1 aromatic rings. The van der Waals surface area contributed by atoms with Gasteiger partial charge in [-0.05, 0) is 31.7 Å². The number of carbonyl (C=O) groups excluding carboxylic acids is 1. The summed E-state index contributed by atoms with van der Waals surface area (Å²) in [6.07, 6.45) is 1.34. The number of hydrogen-bond acceptors (Lipinski definition) is 3. The van der Waals surface area contributed by atoms with Gasteiger partial charge in [-0.2, -0.15) is 5.10 Å². The van der Waals surface area contributed by atoms with E-state index in [1.54, 1.807) is 17.8 Å². The summed E-state index contributed by atoms with van der Waals surface area (Å²) >= 11 is 0. The number of likely N-dealkylation sites (tertiary alicyclic amines) is 1. The van der Waals surface area contributed by atoms with Crippen molar-refractivity contribution < 1.29 is 14.7 Å². The third kappa shape index (κ3) is 2.62. The number of rotatable bonds is 2. The zero-order chi connectivity index (χ0) is 14.2. The highest BCUT2D eigenvalue weighted by Gasteiger charge is 2.35. The number of aromatic nitrogens is 2. The number of carboxylic acid groups (broad SMARTS) is 1. The van der Waals surface area contributed by atoms with Gasteiger partial charge in [0.1, 0.15) is 6.04 Å². The van der Waals surface area contributed by atoms with Crippen molar-refractivity contribution in [1.82, 2.24) is 14.7 Å². The van der Waals surface area contributed by atoms with Crippen LogP contribution >= 0.6 is 0 Å². The molecule has 0 saturated carbocycles. The van der Waals surface area contributed by atoms with Gasteiger partial charge in [0.2, 0.25) is 0 Å². The number of hydrogen-bond donors (Lipinski definition) is 1. The van der Waals surface area contributed by atoms with Crippen molar-refractivity contribution in [3.05, 3.63) is 17.5 Å². The van der Waals surface area contributed by atoms with E-state index in [1.807, 2.05) is 13.8 Å². The van der Waals surface area contributed by atoms with Crippen molar-refractivity contribution in [3.8, 4) is 0 Å². The lowest BCUT2D eigenvalue weighted by Gasteiger charge is -2.35. The summed E-state index contributed by atoms with van der Waals surface area (Å²) in [6, 6.07) is 0.956. The molecular weight excluding hydrogens is 246 g/mol. The lowest BCUT2D eigenvalue weighted by molar-refractivity contribution is -0.144. The highest BCUT2D eigenvalue weighted by Crippen LogP contribution is 2.24. The van der Waals surface area contributed by atoms with Crippen LogP contribution in [-0.4, -0.2) is 44.3 Å². The standard InChI is InChI=1S/C13H19N3O3/c1-8-4-5-16(11(6-8)13(18)19)12(17)10-7-9(2)15(3)14-10/h7-8,11H,4-6H2,1-3H3,(H,18,19). The van der Waals surface area contributed by atoms with Gasteiger partial charge in [0.25, 0.3) is 5.91 Å². The number of piperidine rings is 1. The first kappa shape index (κ1) is 13.6. The van der Waals surface area contributed by atoms with E-state index in [2.05, 4.69) is 5.10 Å². The molecule has 0 aromatic carbocycles. The highest BCUT2D eigenvalue weighted by molar-refractivity contribution is 5.95. The van der Waals surface area contributed by atoms with Gasteiger partial charge in [-0.15, -0.1) is 0 Å². The summed E-state index contributed by atoms with van der Waals surface area (Å²) in [5.41, 5.74) is 1.20. The molecule has 1 amide bonds. The Morgan fingerprint density at radius 1 is 1.47 bits per heavy atom. The van der Waals surface area contributed by atoms with Crippen molar-refractivity contribution in [3.63, 3.8) is 0 Å². The molecule has 6 heteroatoms. The minimum absolute atomic E-state index is 0.289. The van der Waals surface area contributed by atoms with Crippen molar-refractivity contribution in [2.24, 2.45) is 13.0 Å². The summed E-state index contributed by atoms with van der Waals surface area (Å²) in [7, 11) is 1.76. The maximum atomic E-state index is 12.4. The lowest BCUT2D eigenvalue weighted by Crippen LogP contribution is -2.49. The number of amides is 1. The maximum Gasteiger partial charge on any atom is 0.326 e. The van der Waals surface area contributed by atoms with Crippen LogP contribution in [0.4, 0.5) is 0 Å². The Morgan fingerprint density at radius 2 is 2.16 bits per heavy atom. The number of nitrogens with zero attached hydrogens (tertiary/aromatic N) is 3.